The summed E-state index contributed by atoms with van der Waals surface area (Å²) >= 11 is 0. The third kappa shape index (κ3) is 2.26. The fraction of sp³-hybridized carbons (Fsp3) is 0.300. The van der Waals surface area contributed by atoms with Crippen LogP contribution in [0.2, 0.25) is 0 Å². The molecule has 0 N–H and O–H groups in total. The Kier molecular flexibility index (Phi) is 3.30. The van der Waals surface area contributed by atoms with E-state index in [1.165, 1.54) is 6.07 Å². The number of halogens is 2. The van der Waals surface area contributed by atoms with E-state index in [4.69, 9.17) is 10.5 Å². The fourth-order valence-electron chi connectivity index (χ4n) is 1.23. The molecule has 5 heteroatoms. The van der Waals surface area contributed by atoms with Gasteiger partial charge in [0.25, 0.3) is 6.43 Å². The van der Waals surface area contributed by atoms with Gasteiger partial charge in [-0.1, -0.05) is 0 Å². The smallest absolute Gasteiger partial charge is 0.249 e. The van der Waals surface area contributed by atoms with E-state index in [9.17, 15) is 8.78 Å². The Labute approximate surface area is 85.6 Å². The van der Waals surface area contributed by atoms with E-state index in [1.807, 2.05) is 6.07 Å². The van der Waals surface area contributed by atoms with E-state index >= 15 is 0 Å². The Morgan fingerprint density at radius 3 is 2.60 bits per heavy atom. The van der Waals surface area contributed by atoms with Crippen molar-refractivity contribution in [1.29, 1.82) is 10.5 Å². The second kappa shape index (κ2) is 4.47. The van der Waals surface area contributed by atoms with Crippen LogP contribution in [-0.4, -0.2) is 4.98 Å². The zero-order valence-electron chi connectivity index (χ0n) is 7.96. The van der Waals surface area contributed by atoms with E-state index in [0.29, 0.717) is 5.56 Å². The highest BCUT2D eigenvalue weighted by molar-refractivity contribution is 5.42. The SMILES string of the molecule is Cc1cc(C(F)F)nc(CC#N)c1C#N. The molecule has 0 aliphatic rings. The first kappa shape index (κ1) is 11.1. The van der Waals surface area contributed by atoms with Crippen molar-refractivity contribution in [2.45, 2.75) is 19.8 Å². The second-order valence-electron chi connectivity index (χ2n) is 2.93. The average Bonchev–Trinajstić information content (AvgIpc) is 2.17. The first-order valence-electron chi connectivity index (χ1n) is 4.15. The van der Waals surface area contributed by atoms with Gasteiger partial charge in [0.15, 0.2) is 0 Å². The molecule has 76 valence electrons. The maximum Gasteiger partial charge on any atom is 0.280 e. The number of hydrogen-bond donors (Lipinski definition) is 0. The predicted octanol–water partition coefficient (Wildman–Crippen LogP) is 2.27. The van der Waals surface area contributed by atoms with Gasteiger partial charge in [-0.3, -0.25) is 0 Å². The lowest BCUT2D eigenvalue weighted by Crippen LogP contribution is -2.02. The zero-order valence-corrected chi connectivity index (χ0v) is 7.96. The Hall–Kier alpha value is -2.01. The number of aryl methyl sites for hydroxylation is 1. The van der Waals surface area contributed by atoms with E-state index in [1.54, 1.807) is 13.0 Å². The maximum absolute atomic E-state index is 12.4. The molecule has 1 rings (SSSR count). The normalized spacial score (nSPS) is 9.73. The Morgan fingerprint density at radius 1 is 1.47 bits per heavy atom. The van der Waals surface area contributed by atoms with Crippen LogP contribution >= 0.6 is 0 Å². The number of hydrogen-bond acceptors (Lipinski definition) is 3. The second-order valence-corrected chi connectivity index (χ2v) is 2.93. The van der Waals surface area contributed by atoms with Crippen LogP contribution in [0.5, 0.6) is 0 Å². The first-order valence-corrected chi connectivity index (χ1v) is 4.15. The van der Waals surface area contributed by atoms with Crippen molar-refractivity contribution < 1.29 is 8.78 Å². The minimum Gasteiger partial charge on any atom is -0.249 e. The van der Waals surface area contributed by atoms with Gasteiger partial charge in [-0.05, 0) is 18.6 Å². The standard InChI is InChI=1S/C10H7F2N3/c1-6-4-9(10(11)12)15-8(2-3-13)7(6)5-14/h4,10H,2H2,1H3. The number of aromatic nitrogens is 1. The summed E-state index contributed by atoms with van der Waals surface area (Å²) in [5.74, 6) is 0. The average molecular weight is 207 g/mol. The van der Waals surface area contributed by atoms with Gasteiger partial charge < -0.3 is 0 Å². The van der Waals surface area contributed by atoms with Crippen LogP contribution in [-0.2, 0) is 6.42 Å². The number of nitriles is 2. The lowest BCUT2D eigenvalue weighted by Gasteiger charge is -2.06. The van der Waals surface area contributed by atoms with E-state index in [0.717, 1.165) is 0 Å². The molecule has 0 saturated carbocycles. The molecular weight excluding hydrogens is 200 g/mol. The van der Waals surface area contributed by atoms with Gasteiger partial charge >= 0.3 is 0 Å². The van der Waals surface area contributed by atoms with Gasteiger partial charge in [0.1, 0.15) is 11.8 Å². The summed E-state index contributed by atoms with van der Waals surface area (Å²) < 4.78 is 24.7. The van der Waals surface area contributed by atoms with Crippen molar-refractivity contribution in [3.05, 3.63) is 28.6 Å². The highest BCUT2D eigenvalue weighted by Gasteiger charge is 2.15. The molecule has 0 bridgehead atoms. The summed E-state index contributed by atoms with van der Waals surface area (Å²) in [6.45, 7) is 1.55. The molecule has 0 saturated heterocycles. The van der Waals surface area contributed by atoms with Crippen molar-refractivity contribution in [1.82, 2.24) is 4.98 Å². The summed E-state index contributed by atoms with van der Waals surface area (Å²) in [6, 6.07) is 4.82. The van der Waals surface area contributed by atoms with Crippen molar-refractivity contribution in [3.63, 3.8) is 0 Å². The highest BCUT2D eigenvalue weighted by atomic mass is 19.3. The lowest BCUT2D eigenvalue weighted by molar-refractivity contribution is 0.145. The third-order valence-electron chi connectivity index (χ3n) is 1.89. The number of nitrogens with zero attached hydrogens (tertiary/aromatic N) is 3. The van der Waals surface area contributed by atoms with Gasteiger partial charge in [0.05, 0.1) is 23.7 Å². The molecule has 0 atom stereocenters. The summed E-state index contributed by atoms with van der Waals surface area (Å²) in [5, 5.41) is 17.2. The van der Waals surface area contributed by atoms with Crippen molar-refractivity contribution in [2.75, 3.05) is 0 Å². The van der Waals surface area contributed by atoms with Crippen LogP contribution in [0.4, 0.5) is 8.78 Å². The molecule has 1 aromatic heterocycles. The summed E-state index contributed by atoms with van der Waals surface area (Å²) in [5.41, 5.74) is 0.362. The minimum absolute atomic E-state index is 0.121. The van der Waals surface area contributed by atoms with Crippen LogP contribution in [0.25, 0.3) is 0 Å². The van der Waals surface area contributed by atoms with Crippen LogP contribution in [0.3, 0.4) is 0 Å². The summed E-state index contributed by atoms with van der Waals surface area (Å²) in [4.78, 5) is 3.60. The number of alkyl halides is 2. The van der Waals surface area contributed by atoms with E-state index in [-0.39, 0.29) is 17.7 Å². The van der Waals surface area contributed by atoms with Crippen LogP contribution in [0.1, 0.15) is 28.9 Å². The van der Waals surface area contributed by atoms with E-state index < -0.39 is 12.1 Å². The molecule has 0 aromatic carbocycles. The lowest BCUT2D eigenvalue weighted by atomic mass is 10.1. The summed E-state index contributed by atoms with van der Waals surface area (Å²) in [7, 11) is 0. The van der Waals surface area contributed by atoms with Gasteiger partial charge in [0.2, 0.25) is 0 Å². The van der Waals surface area contributed by atoms with Crippen LogP contribution < -0.4 is 0 Å². The predicted molar refractivity (Wildman–Crippen MR) is 48.0 cm³/mol. The third-order valence-corrected chi connectivity index (χ3v) is 1.89. The van der Waals surface area contributed by atoms with Gasteiger partial charge in [-0.2, -0.15) is 10.5 Å². The van der Waals surface area contributed by atoms with Crippen molar-refractivity contribution in [2.24, 2.45) is 0 Å². The molecule has 0 unspecified atom stereocenters. The van der Waals surface area contributed by atoms with E-state index in [2.05, 4.69) is 4.98 Å². The molecule has 15 heavy (non-hydrogen) atoms. The molecule has 1 heterocycles. The molecule has 0 spiro atoms. The topological polar surface area (TPSA) is 60.5 Å². The van der Waals surface area contributed by atoms with Crippen LogP contribution in [0, 0.1) is 29.6 Å². The Bertz CT molecular complexity index is 455. The zero-order chi connectivity index (χ0) is 11.4. The first-order chi connectivity index (χ1) is 7.10. The van der Waals surface area contributed by atoms with Gasteiger partial charge in [0, 0.05) is 0 Å². The molecule has 3 nitrogen and oxygen atoms in total. The minimum atomic E-state index is -2.69. The fourth-order valence-corrected chi connectivity index (χ4v) is 1.23. The number of pyridine rings is 1. The molecule has 0 aliphatic carbocycles. The largest absolute Gasteiger partial charge is 0.280 e. The van der Waals surface area contributed by atoms with Crippen LogP contribution in [0.15, 0.2) is 6.07 Å². The van der Waals surface area contributed by atoms with Gasteiger partial charge in [-0.15, -0.1) is 0 Å². The molecule has 0 radical (unpaired) electrons. The molecule has 0 aliphatic heterocycles. The highest BCUT2D eigenvalue weighted by Crippen LogP contribution is 2.21. The maximum atomic E-state index is 12.4. The summed E-state index contributed by atoms with van der Waals surface area (Å²) in [6.07, 6.45) is -2.82. The molecule has 0 amide bonds. The van der Waals surface area contributed by atoms with Crippen molar-refractivity contribution in [3.8, 4) is 12.1 Å². The molecule has 0 fully saturated rings. The number of rotatable bonds is 2. The quantitative estimate of drug-likeness (QED) is 0.747. The monoisotopic (exact) mass is 207 g/mol. The molecule has 1 aromatic rings. The Balaban J connectivity index is 3.35. The Morgan fingerprint density at radius 2 is 2.13 bits per heavy atom. The molecular formula is C10H7F2N3. The van der Waals surface area contributed by atoms with Crippen molar-refractivity contribution >= 4 is 0 Å². The van der Waals surface area contributed by atoms with Gasteiger partial charge in [-0.25, -0.2) is 13.8 Å².